The Labute approximate surface area is 119 Å². The maximum Gasteiger partial charge on any atom is 0.359 e. The standard InChI is InChI=1S/C15H12N2O4/c18-13(9-4-2-1-3-5-9)17-11-8-10-12(21-15(11)20)6-7-16-14(10)19/h1-5,8H,6-7H2,(H,16,19)(H,17,18). The highest BCUT2D eigenvalue weighted by Crippen LogP contribution is 2.16. The lowest BCUT2D eigenvalue weighted by atomic mass is 10.1. The first-order valence-electron chi connectivity index (χ1n) is 6.47. The minimum absolute atomic E-state index is 0.0420. The summed E-state index contributed by atoms with van der Waals surface area (Å²) >= 11 is 0. The number of benzene rings is 1. The Morgan fingerprint density at radius 1 is 1.19 bits per heavy atom. The highest BCUT2D eigenvalue weighted by Gasteiger charge is 2.22. The van der Waals surface area contributed by atoms with Gasteiger partial charge in [0, 0.05) is 18.5 Å². The molecule has 2 aromatic rings. The molecule has 0 bridgehead atoms. The Morgan fingerprint density at radius 2 is 1.95 bits per heavy atom. The molecule has 2 amide bonds. The summed E-state index contributed by atoms with van der Waals surface area (Å²) in [5.74, 6) is -0.393. The molecule has 0 atom stereocenters. The third-order valence-electron chi connectivity index (χ3n) is 3.19. The summed E-state index contributed by atoms with van der Waals surface area (Å²) in [6.45, 7) is 0.435. The van der Waals surface area contributed by atoms with Crippen molar-refractivity contribution < 1.29 is 14.0 Å². The maximum atomic E-state index is 12.0. The van der Waals surface area contributed by atoms with Crippen LogP contribution in [-0.4, -0.2) is 18.4 Å². The van der Waals surface area contributed by atoms with Gasteiger partial charge in [0.2, 0.25) is 0 Å². The lowest BCUT2D eigenvalue weighted by molar-refractivity contribution is 0.0937. The van der Waals surface area contributed by atoms with Crippen LogP contribution < -0.4 is 16.3 Å². The first kappa shape index (κ1) is 13.1. The fraction of sp³-hybridized carbons (Fsp3) is 0.133. The number of carbonyl (C=O) groups is 2. The molecule has 3 rings (SSSR count). The van der Waals surface area contributed by atoms with Crippen molar-refractivity contribution in [2.24, 2.45) is 0 Å². The van der Waals surface area contributed by atoms with Crippen molar-refractivity contribution in [3.05, 3.63) is 63.7 Å². The molecule has 1 aliphatic rings. The normalized spacial score (nSPS) is 13.2. The van der Waals surface area contributed by atoms with E-state index in [0.717, 1.165) is 0 Å². The van der Waals surface area contributed by atoms with Gasteiger partial charge in [-0.15, -0.1) is 0 Å². The fourth-order valence-electron chi connectivity index (χ4n) is 2.14. The van der Waals surface area contributed by atoms with Crippen molar-refractivity contribution in [3.63, 3.8) is 0 Å². The van der Waals surface area contributed by atoms with Gasteiger partial charge >= 0.3 is 5.63 Å². The molecule has 2 N–H and O–H groups in total. The monoisotopic (exact) mass is 284 g/mol. The third kappa shape index (κ3) is 2.55. The summed E-state index contributed by atoms with van der Waals surface area (Å²) < 4.78 is 5.11. The van der Waals surface area contributed by atoms with E-state index in [9.17, 15) is 14.4 Å². The molecule has 1 aromatic heterocycles. The van der Waals surface area contributed by atoms with Crippen LogP contribution in [0.15, 0.2) is 45.6 Å². The van der Waals surface area contributed by atoms with E-state index in [1.807, 2.05) is 0 Å². The number of anilines is 1. The second-order valence-corrected chi connectivity index (χ2v) is 4.61. The number of rotatable bonds is 2. The molecule has 0 saturated carbocycles. The molecule has 21 heavy (non-hydrogen) atoms. The van der Waals surface area contributed by atoms with Gasteiger partial charge in [0.25, 0.3) is 11.8 Å². The second-order valence-electron chi connectivity index (χ2n) is 4.61. The van der Waals surface area contributed by atoms with Gasteiger partial charge in [0.15, 0.2) is 0 Å². The third-order valence-corrected chi connectivity index (χ3v) is 3.19. The largest absolute Gasteiger partial charge is 0.425 e. The SMILES string of the molecule is O=C(Nc1cc2c(oc1=O)CCNC2=O)c1ccccc1. The molecular formula is C15H12N2O4. The summed E-state index contributed by atoms with van der Waals surface area (Å²) in [5.41, 5.74) is -0.00401. The van der Waals surface area contributed by atoms with Gasteiger partial charge in [-0.25, -0.2) is 4.79 Å². The lowest BCUT2D eigenvalue weighted by Gasteiger charge is -2.15. The molecule has 0 spiro atoms. The highest BCUT2D eigenvalue weighted by atomic mass is 16.4. The minimum Gasteiger partial charge on any atom is -0.425 e. The van der Waals surface area contributed by atoms with Crippen LogP contribution in [0.1, 0.15) is 26.5 Å². The molecule has 0 fully saturated rings. The van der Waals surface area contributed by atoms with Crippen molar-refractivity contribution in [3.8, 4) is 0 Å². The first-order chi connectivity index (χ1) is 10.1. The smallest absolute Gasteiger partial charge is 0.359 e. The molecule has 0 aliphatic carbocycles. The Hall–Kier alpha value is -2.89. The van der Waals surface area contributed by atoms with Crippen LogP contribution in [0, 0.1) is 0 Å². The summed E-state index contributed by atoms with van der Waals surface area (Å²) in [7, 11) is 0. The highest BCUT2D eigenvalue weighted by molar-refractivity contribution is 6.05. The zero-order chi connectivity index (χ0) is 14.8. The van der Waals surface area contributed by atoms with E-state index >= 15 is 0 Å². The van der Waals surface area contributed by atoms with Crippen molar-refractivity contribution >= 4 is 17.5 Å². The average Bonchev–Trinajstić information content (AvgIpc) is 2.50. The predicted molar refractivity (Wildman–Crippen MR) is 75.4 cm³/mol. The van der Waals surface area contributed by atoms with Gasteiger partial charge in [-0.2, -0.15) is 0 Å². The average molecular weight is 284 g/mol. The van der Waals surface area contributed by atoms with Gasteiger partial charge in [-0.3, -0.25) is 9.59 Å². The maximum absolute atomic E-state index is 12.0. The van der Waals surface area contributed by atoms with E-state index in [4.69, 9.17) is 4.42 Å². The minimum atomic E-state index is -0.660. The van der Waals surface area contributed by atoms with E-state index in [2.05, 4.69) is 10.6 Å². The van der Waals surface area contributed by atoms with Crippen molar-refractivity contribution in [1.29, 1.82) is 0 Å². The van der Waals surface area contributed by atoms with Crippen molar-refractivity contribution in [2.75, 3.05) is 11.9 Å². The fourth-order valence-corrected chi connectivity index (χ4v) is 2.14. The molecular weight excluding hydrogens is 272 g/mol. The number of hydrogen-bond acceptors (Lipinski definition) is 4. The molecule has 6 nitrogen and oxygen atoms in total. The van der Waals surface area contributed by atoms with Gasteiger partial charge in [0.1, 0.15) is 11.4 Å². The van der Waals surface area contributed by atoms with Crippen LogP contribution in [0.2, 0.25) is 0 Å². The molecule has 2 heterocycles. The van der Waals surface area contributed by atoms with E-state index in [1.54, 1.807) is 30.3 Å². The van der Waals surface area contributed by atoms with Crippen molar-refractivity contribution in [1.82, 2.24) is 5.32 Å². The number of fused-ring (bicyclic) bond motifs is 1. The first-order valence-corrected chi connectivity index (χ1v) is 6.47. The van der Waals surface area contributed by atoms with Gasteiger partial charge < -0.3 is 15.1 Å². The molecule has 106 valence electrons. The van der Waals surface area contributed by atoms with Crippen LogP contribution in [0.5, 0.6) is 0 Å². The molecule has 6 heteroatoms. The predicted octanol–water partition coefficient (Wildman–Crippen LogP) is 1.18. The van der Waals surface area contributed by atoms with Crippen LogP contribution in [-0.2, 0) is 6.42 Å². The van der Waals surface area contributed by atoms with E-state index in [-0.39, 0.29) is 17.2 Å². The van der Waals surface area contributed by atoms with Crippen molar-refractivity contribution in [2.45, 2.75) is 6.42 Å². The number of carbonyl (C=O) groups excluding carboxylic acids is 2. The van der Waals surface area contributed by atoms with Crippen LogP contribution in [0.4, 0.5) is 5.69 Å². The van der Waals surface area contributed by atoms with Crippen LogP contribution in [0.3, 0.4) is 0 Å². The number of amides is 2. The summed E-state index contributed by atoms with van der Waals surface area (Å²) in [6.07, 6.45) is 0.462. The van der Waals surface area contributed by atoms with Crippen LogP contribution in [0.25, 0.3) is 0 Å². The summed E-state index contributed by atoms with van der Waals surface area (Å²) in [4.78, 5) is 35.6. The summed E-state index contributed by atoms with van der Waals surface area (Å²) in [5, 5.41) is 5.13. The zero-order valence-electron chi connectivity index (χ0n) is 11.0. The number of nitrogens with one attached hydrogen (secondary N) is 2. The second kappa shape index (κ2) is 5.24. The van der Waals surface area contributed by atoms with Gasteiger partial charge in [-0.1, -0.05) is 18.2 Å². The molecule has 1 aromatic carbocycles. The van der Waals surface area contributed by atoms with E-state index in [1.165, 1.54) is 6.07 Å². The topological polar surface area (TPSA) is 88.4 Å². The van der Waals surface area contributed by atoms with Gasteiger partial charge in [-0.05, 0) is 18.2 Å². The van der Waals surface area contributed by atoms with E-state index in [0.29, 0.717) is 24.3 Å². The summed E-state index contributed by atoms with van der Waals surface area (Å²) in [6, 6.07) is 9.84. The Morgan fingerprint density at radius 3 is 2.71 bits per heavy atom. The number of hydrogen-bond donors (Lipinski definition) is 2. The Kier molecular flexibility index (Phi) is 3.27. The van der Waals surface area contributed by atoms with E-state index < -0.39 is 11.5 Å². The Bertz CT molecular complexity index is 765. The lowest BCUT2D eigenvalue weighted by Crippen LogP contribution is -2.33. The van der Waals surface area contributed by atoms with Gasteiger partial charge in [0.05, 0.1) is 5.56 Å². The Balaban J connectivity index is 1.93. The molecule has 1 aliphatic heterocycles. The molecule has 0 saturated heterocycles. The zero-order valence-corrected chi connectivity index (χ0v) is 11.0. The quantitative estimate of drug-likeness (QED) is 0.866. The molecule has 0 unspecified atom stereocenters. The van der Waals surface area contributed by atoms with Crippen LogP contribution >= 0.6 is 0 Å². The molecule has 0 radical (unpaired) electrons.